The van der Waals surface area contributed by atoms with E-state index in [1.165, 1.54) is 0 Å². The third-order valence-electron chi connectivity index (χ3n) is 3.45. The van der Waals surface area contributed by atoms with E-state index in [1.807, 2.05) is 24.3 Å². The molecule has 0 bridgehead atoms. The van der Waals surface area contributed by atoms with Crippen LogP contribution in [0.15, 0.2) is 24.3 Å². The fraction of sp³-hybridized carbons (Fsp3) is 0.571. The van der Waals surface area contributed by atoms with Gasteiger partial charge in [0.1, 0.15) is 0 Å². The number of halogens is 4. The Morgan fingerprint density at radius 3 is 2.75 bits per heavy atom. The second kappa shape index (κ2) is 6.78. The van der Waals surface area contributed by atoms with Crippen molar-refractivity contribution in [3.8, 4) is 0 Å². The van der Waals surface area contributed by atoms with E-state index in [-0.39, 0.29) is 6.04 Å². The quantitative estimate of drug-likeness (QED) is 0.916. The van der Waals surface area contributed by atoms with E-state index < -0.39 is 12.7 Å². The van der Waals surface area contributed by atoms with Crippen LogP contribution < -0.4 is 5.32 Å². The number of likely N-dealkylation sites (tertiary alicyclic amines) is 1. The summed E-state index contributed by atoms with van der Waals surface area (Å²) >= 11 is 6.11. The lowest BCUT2D eigenvalue weighted by atomic mass is 10.0. The lowest BCUT2D eigenvalue weighted by molar-refractivity contribution is -0.127. The van der Waals surface area contributed by atoms with Crippen molar-refractivity contribution in [1.29, 1.82) is 0 Å². The predicted molar refractivity (Wildman–Crippen MR) is 73.8 cm³/mol. The fourth-order valence-electron chi connectivity index (χ4n) is 2.49. The number of hydrogen-bond donors (Lipinski definition) is 1. The number of alkyl halides is 3. The topological polar surface area (TPSA) is 15.3 Å². The predicted octanol–water partition coefficient (Wildman–Crippen LogP) is 3.46. The Balaban J connectivity index is 1.86. The number of piperidine rings is 1. The highest BCUT2D eigenvalue weighted by Gasteiger charge is 2.29. The molecule has 1 atom stereocenters. The first-order valence-corrected chi connectivity index (χ1v) is 7.08. The first-order valence-electron chi connectivity index (χ1n) is 6.70. The second-order valence-corrected chi connectivity index (χ2v) is 5.57. The zero-order chi connectivity index (χ0) is 14.6. The van der Waals surface area contributed by atoms with Crippen LogP contribution in [0.25, 0.3) is 0 Å². The van der Waals surface area contributed by atoms with Crippen molar-refractivity contribution in [1.82, 2.24) is 10.2 Å². The third kappa shape index (κ3) is 4.96. The van der Waals surface area contributed by atoms with E-state index in [0.29, 0.717) is 18.1 Å². The first-order chi connectivity index (χ1) is 9.44. The summed E-state index contributed by atoms with van der Waals surface area (Å²) < 4.78 is 36.6. The SMILES string of the molecule is FC(F)(F)CNC1CCCN(Cc2ccccc2Cl)C1. The molecule has 112 valence electrons. The molecule has 0 spiro atoms. The van der Waals surface area contributed by atoms with Crippen LogP contribution in [-0.2, 0) is 6.54 Å². The fourth-order valence-corrected chi connectivity index (χ4v) is 2.69. The normalized spacial score (nSPS) is 21.1. The first kappa shape index (κ1) is 15.6. The van der Waals surface area contributed by atoms with Gasteiger partial charge in [-0.2, -0.15) is 13.2 Å². The molecule has 0 aromatic heterocycles. The van der Waals surface area contributed by atoms with E-state index in [4.69, 9.17) is 11.6 Å². The average molecular weight is 307 g/mol. The Kier molecular flexibility index (Phi) is 5.29. The molecule has 20 heavy (non-hydrogen) atoms. The maximum absolute atomic E-state index is 12.2. The highest BCUT2D eigenvalue weighted by atomic mass is 35.5. The zero-order valence-corrected chi connectivity index (χ0v) is 11.8. The van der Waals surface area contributed by atoms with E-state index in [2.05, 4.69) is 10.2 Å². The van der Waals surface area contributed by atoms with Gasteiger partial charge in [-0.3, -0.25) is 4.90 Å². The second-order valence-electron chi connectivity index (χ2n) is 5.16. The van der Waals surface area contributed by atoms with Gasteiger partial charge in [-0.25, -0.2) is 0 Å². The maximum Gasteiger partial charge on any atom is 0.401 e. The Bertz CT molecular complexity index is 437. The highest BCUT2D eigenvalue weighted by molar-refractivity contribution is 6.31. The molecule has 0 radical (unpaired) electrons. The molecule has 1 saturated heterocycles. The number of nitrogens with zero attached hydrogens (tertiary/aromatic N) is 1. The van der Waals surface area contributed by atoms with Crippen LogP contribution in [0.1, 0.15) is 18.4 Å². The molecular formula is C14H18ClF3N2. The maximum atomic E-state index is 12.2. The van der Waals surface area contributed by atoms with Crippen molar-refractivity contribution in [2.45, 2.75) is 31.6 Å². The van der Waals surface area contributed by atoms with Crippen LogP contribution in [0, 0.1) is 0 Å². The van der Waals surface area contributed by atoms with Gasteiger partial charge in [0.25, 0.3) is 0 Å². The van der Waals surface area contributed by atoms with Gasteiger partial charge in [0.15, 0.2) is 0 Å². The zero-order valence-electron chi connectivity index (χ0n) is 11.1. The molecule has 1 N–H and O–H groups in total. The van der Waals surface area contributed by atoms with Crippen molar-refractivity contribution in [3.63, 3.8) is 0 Å². The largest absolute Gasteiger partial charge is 0.401 e. The van der Waals surface area contributed by atoms with Gasteiger partial charge in [-0.1, -0.05) is 29.8 Å². The van der Waals surface area contributed by atoms with Gasteiger partial charge in [-0.05, 0) is 31.0 Å². The molecule has 1 aliphatic heterocycles. The van der Waals surface area contributed by atoms with Crippen molar-refractivity contribution in [3.05, 3.63) is 34.9 Å². The van der Waals surface area contributed by atoms with E-state index in [0.717, 1.165) is 24.9 Å². The van der Waals surface area contributed by atoms with Gasteiger partial charge < -0.3 is 5.32 Å². The minimum Gasteiger partial charge on any atom is -0.305 e. The van der Waals surface area contributed by atoms with Gasteiger partial charge >= 0.3 is 6.18 Å². The number of rotatable bonds is 4. The summed E-state index contributed by atoms with van der Waals surface area (Å²) in [6.45, 7) is 1.29. The molecule has 0 saturated carbocycles. The average Bonchev–Trinajstić information content (AvgIpc) is 2.39. The lowest BCUT2D eigenvalue weighted by Crippen LogP contribution is -2.47. The molecule has 1 aromatic rings. The smallest absolute Gasteiger partial charge is 0.305 e. The molecule has 1 heterocycles. The molecular weight excluding hydrogens is 289 g/mol. The van der Waals surface area contributed by atoms with Crippen LogP contribution in [0.2, 0.25) is 5.02 Å². The number of nitrogens with one attached hydrogen (secondary N) is 1. The molecule has 1 aliphatic rings. The van der Waals surface area contributed by atoms with Crippen molar-refractivity contribution in [2.75, 3.05) is 19.6 Å². The van der Waals surface area contributed by atoms with Crippen molar-refractivity contribution >= 4 is 11.6 Å². The van der Waals surface area contributed by atoms with E-state index in [1.54, 1.807) is 0 Å². The minimum absolute atomic E-state index is 0.104. The Morgan fingerprint density at radius 2 is 2.05 bits per heavy atom. The minimum atomic E-state index is -4.15. The molecule has 2 rings (SSSR count). The van der Waals surface area contributed by atoms with Gasteiger partial charge in [-0.15, -0.1) is 0 Å². The molecule has 1 fully saturated rings. The van der Waals surface area contributed by atoms with Gasteiger partial charge in [0.05, 0.1) is 6.54 Å². The molecule has 1 unspecified atom stereocenters. The van der Waals surface area contributed by atoms with Crippen molar-refractivity contribution < 1.29 is 13.2 Å². The van der Waals surface area contributed by atoms with Crippen molar-refractivity contribution in [2.24, 2.45) is 0 Å². The number of hydrogen-bond acceptors (Lipinski definition) is 2. The summed E-state index contributed by atoms with van der Waals surface area (Å²) in [4.78, 5) is 2.15. The Morgan fingerprint density at radius 1 is 1.30 bits per heavy atom. The third-order valence-corrected chi connectivity index (χ3v) is 3.82. The Labute approximate surface area is 121 Å². The van der Waals surface area contributed by atoms with Crippen LogP contribution in [0.3, 0.4) is 0 Å². The number of benzene rings is 1. The molecule has 0 aliphatic carbocycles. The Hall–Kier alpha value is -0.780. The van der Waals surface area contributed by atoms with Crippen LogP contribution in [0.5, 0.6) is 0 Å². The summed E-state index contributed by atoms with van der Waals surface area (Å²) in [5.41, 5.74) is 1.02. The standard InChI is InChI=1S/C14H18ClF3N2/c15-13-6-2-1-4-11(13)8-20-7-3-5-12(9-20)19-10-14(16,17)18/h1-2,4,6,12,19H,3,5,7-10H2. The summed E-state index contributed by atoms with van der Waals surface area (Å²) in [5.74, 6) is 0. The van der Waals surface area contributed by atoms with E-state index in [9.17, 15) is 13.2 Å². The van der Waals surface area contributed by atoms with Crippen LogP contribution in [-0.4, -0.2) is 36.8 Å². The van der Waals surface area contributed by atoms with Crippen LogP contribution >= 0.6 is 11.6 Å². The van der Waals surface area contributed by atoms with Gasteiger partial charge in [0, 0.05) is 24.2 Å². The molecule has 0 amide bonds. The van der Waals surface area contributed by atoms with E-state index >= 15 is 0 Å². The highest BCUT2D eigenvalue weighted by Crippen LogP contribution is 2.20. The molecule has 2 nitrogen and oxygen atoms in total. The summed E-state index contributed by atoms with van der Waals surface area (Å²) in [7, 11) is 0. The van der Waals surface area contributed by atoms with Gasteiger partial charge in [0.2, 0.25) is 0 Å². The monoisotopic (exact) mass is 306 g/mol. The summed E-state index contributed by atoms with van der Waals surface area (Å²) in [5, 5.41) is 3.30. The summed E-state index contributed by atoms with van der Waals surface area (Å²) in [6.07, 6.45) is -2.46. The van der Waals surface area contributed by atoms with Crippen LogP contribution in [0.4, 0.5) is 13.2 Å². The molecule has 6 heteroatoms. The lowest BCUT2D eigenvalue weighted by Gasteiger charge is -2.33. The summed E-state index contributed by atoms with van der Waals surface area (Å²) in [6, 6.07) is 7.48. The molecule has 1 aromatic carbocycles.